The maximum Gasteiger partial charge on any atom is 0.288 e. The van der Waals surface area contributed by atoms with Crippen molar-refractivity contribution in [2.24, 2.45) is 0 Å². The molecule has 1 fully saturated rings. The summed E-state index contributed by atoms with van der Waals surface area (Å²) in [6, 6.07) is 7.68. The molecule has 7 heteroatoms. The zero-order valence-electron chi connectivity index (χ0n) is 19.2. The molecule has 0 bridgehead atoms. The van der Waals surface area contributed by atoms with E-state index in [-0.39, 0.29) is 0 Å². The van der Waals surface area contributed by atoms with E-state index in [0.717, 1.165) is 37.5 Å². The molecule has 6 nitrogen and oxygen atoms in total. The number of nitrogens with zero attached hydrogens (tertiary/aromatic N) is 4. The molecule has 0 N–H and O–H groups in total. The molecule has 2 aromatic rings. The maximum absolute atomic E-state index is 5.73. The van der Waals surface area contributed by atoms with Crippen molar-refractivity contribution in [2.75, 3.05) is 39.8 Å². The van der Waals surface area contributed by atoms with E-state index in [2.05, 4.69) is 21.8 Å². The first kappa shape index (κ1) is 24.0. The van der Waals surface area contributed by atoms with Gasteiger partial charge in [0.25, 0.3) is 4.84 Å². The van der Waals surface area contributed by atoms with Gasteiger partial charge in [0.2, 0.25) is 5.89 Å². The normalized spacial score (nSPS) is 15.4. The van der Waals surface area contributed by atoms with Gasteiger partial charge in [0.05, 0.1) is 13.8 Å². The summed E-state index contributed by atoms with van der Waals surface area (Å²) >= 11 is 5.40. The van der Waals surface area contributed by atoms with Crippen LogP contribution in [-0.2, 0) is 6.67 Å². The van der Waals surface area contributed by atoms with Crippen LogP contribution < -0.4 is 4.74 Å². The Balaban J connectivity index is 1.36. The number of unbranched alkanes of at least 4 members (excludes halogenated alkanes) is 7. The molecule has 1 aliphatic rings. The fraction of sp³-hybridized carbons (Fsp3) is 0.667. The molecule has 0 amide bonds. The van der Waals surface area contributed by atoms with Gasteiger partial charge < -0.3 is 14.1 Å². The highest BCUT2D eigenvalue weighted by molar-refractivity contribution is 7.71. The molecule has 0 spiro atoms. The molecule has 1 saturated heterocycles. The first-order valence-electron chi connectivity index (χ1n) is 11.9. The smallest absolute Gasteiger partial charge is 0.288 e. The van der Waals surface area contributed by atoms with E-state index in [1.807, 2.05) is 24.3 Å². The molecule has 31 heavy (non-hydrogen) atoms. The van der Waals surface area contributed by atoms with Crippen LogP contribution in [-0.4, -0.2) is 59.4 Å². The molecule has 0 saturated carbocycles. The van der Waals surface area contributed by atoms with Crippen molar-refractivity contribution in [3.8, 4) is 17.2 Å². The van der Waals surface area contributed by atoms with Gasteiger partial charge in [0, 0.05) is 31.7 Å². The third-order valence-electron chi connectivity index (χ3n) is 6.07. The summed E-state index contributed by atoms with van der Waals surface area (Å²) in [4.78, 5) is 5.42. The molecule has 3 rings (SSSR count). The van der Waals surface area contributed by atoms with Crippen molar-refractivity contribution in [2.45, 2.75) is 65.0 Å². The van der Waals surface area contributed by atoms with Crippen LogP contribution in [0.2, 0.25) is 0 Å². The number of hydrogen-bond donors (Lipinski definition) is 0. The fourth-order valence-electron chi connectivity index (χ4n) is 4.06. The number of methoxy groups -OCH3 is 1. The van der Waals surface area contributed by atoms with Gasteiger partial charge in [-0.05, 0) is 49.4 Å². The van der Waals surface area contributed by atoms with Crippen LogP contribution >= 0.6 is 12.2 Å². The summed E-state index contributed by atoms with van der Waals surface area (Å²) in [5.41, 5.74) is 0.904. The fourth-order valence-corrected chi connectivity index (χ4v) is 4.24. The van der Waals surface area contributed by atoms with Gasteiger partial charge in [0.1, 0.15) is 5.75 Å². The molecule has 0 radical (unpaired) electrons. The van der Waals surface area contributed by atoms with Crippen molar-refractivity contribution in [1.29, 1.82) is 0 Å². The first-order valence-corrected chi connectivity index (χ1v) is 12.3. The van der Waals surface area contributed by atoms with Crippen molar-refractivity contribution >= 4 is 12.2 Å². The van der Waals surface area contributed by atoms with E-state index in [1.165, 1.54) is 57.9 Å². The predicted molar refractivity (Wildman–Crippen MR) is 128 cm³/mol. The van der Waals surface area contributed by atoms with Crippen LogP contribution in [0.4, 0.5) is 0 Å². The van der Waals surface area contributed by atoms with Gasteiger partial charge in [-0.25, -0.2) is 4.68 Å². The van der Waals surface area contributed by atoms with Crippen LogP contribution in [0.1, 0.15) is 58.3 Å². The molecule has 172 valence electrons. The lowest BCUT2D eigenvalue weighted by Crippen LogP contribution is -2.47. The molecule has 1 aromatic heterocycles. The average Bonchev–Trinajstić information content (AvgIpc) is 3.17. The molecule has 2 heterocycles. The van der Waals surface area contributed by atoms with Crippen molar-refractivity contribution in [3.05, 3.63) is 29.1 Å². The molecule has 1 aliphatic heterocycles. The van der Waals surface area contributed by atoms with Gasteiger partial charge in [-0.1, -0.05) is 51.9 Å². The van der Waals surface area contributed by atoms with Gasteiger partial charge in [-0.2, -0.15) is 0 Å². The largest absolute Gasteiger partial charge is 0.497 e. The van der Waals surface area contributed by atoms with E-state index in [1.54, 1.807) is 11.8 Å². The molecule has 0 atom stereocenters. The zero-order chi connectivity index (χ0) is 21.9. The summed E-state index contributed by atoms with van der Waals surface area (Å²) in [6.07, 6.45) is 11.1. The SMILES string of the molecule is CCCCCCCCCCN1CCN(Cn2nc(-c3ccc(OC)cc3)oc2=S)CC1. The standard InChI is InChI=1S/C24H38N4O2S/c1-3-4-5-6-7-8-9-10-15-26-16-18-27(19-17-26)20-28-24(31)30-23(25-28)21-11-13-22(29-2)14-12-21/h11-14H,3-10,15-20H2,1-2H3. The average molecular weight is 447 g/mol. The lowest BCUT2D eigenvalue weighted by atomic mass is 10.1. The second-order valence-electron chi connectivity index (χ2n) is 8.48. The van der Waals surface area contributed by atoms with E-state index in [0.29, 0.717) is 17.4 Å². The third kappa shape index (κ3) is 7.74. The Bertz CT molecular complexity index is 810. The number of ether oxygens (including phenoxy) is 1. The monoisotopic (exact) mass is 446 g/mol. The Hall–Kier alpha value is -1.70. The number of hydrogen-bond acceptors (Lipinski definition) is 6. The summed E-state index contributed by atoms with van der Waals surface area (Å²) in [6.45, 7) is 8.52. The zero-order valence-corrected chi connectivity index (χ0v) is 20.0. The Morgan fingerprint density at radius 2 is 1.52 bits per heavy atom. The Morgan fingerprint density at radius 3 is 2.16 bits per heavy atom. The minimum Gasteiger partial charge on any atom is -0.497 e. The molecule has 1 aromatic carbocycles. The molecular weight excluding hydrogens is 408 g/mol. The quantitative estimate of drug-likeness (QED) is 0.295. The Kier molecular flexibility index (Phi) is 10.0. The number of rotatable bonds is 13. The molecule has 0 aliphatic carbocycles. The first-order chi connectivity index (χ1) is 15.2. The number of aromatic nitrogens is 2. The Morgan fingerprint density at radius 1 is 0.903 bits per heavy atom. The lowest BCUT2D eigenvalue weighted by Gasteiger charge is -2.34. The minimum absolute atomic E-state index is 0.423. The highest BCUT2D eigenvalue weighted by atomic mass is 32.1. The number of benzene rings is 1. The highest BCUT2D eigenvalue weighted by Gasteiger charge is 2.18. The van der Waals surface area contributed by atoms with Crippen molar-refractivity contribution in [3.63, 3.8) is 0 Å². The maximum atomic E-state index is 5.73. The van der Waals surface area contributed by atoms with Gasteiger partial charge in [-0.3, -0.25) is 4.90 Å². The van der Waals surface area contributed by atoms with Crippen molar-refractivity contribution < 1.29 is 9.15 Å². The summed E-state index contributed by atoms with van der Waals surface area (Å²) in [7, 11) is 1.66. The lowest BCUT2D eigenvalue weighted by molar-refractivity contribution is 0.100. The van der Waals surface area contributed by atoms with E-state index < -0.39 is 0 Å². The number of piperazine rings is 1. The molecule has 0 unspecified atom stereocenters. The van der Waals surface area contributed by atoms with E-state index in [4.69, 9.17) is 21.4 Å². The summed E-state index contributed by atoms with van der Waals surface area (Å²) in [5.74, 6) is 1.37. The van der Waals surface area contributed by atoms with Crippen LogP contribution in [0.3, 0.4) is 0 Å². The summed E-state index contributed by atoms with van der Waals surface area (Å²) in [5, 5.41) is 4.60. The van der Waals surface area contributed by atoms with Gasteiger partial charge in [0.15, 0.2) is 0 Å². The van der Waals surface area contributed by atoms with Crippen LogP contribution in [0, 0.1) is 4.84 Å². The van der Waals surface area contributed by atoms with Crippen LogP contribution in [0.25, 0.3) is 11.5 Å². The third-order valence-corrected chi connectivity index (χ3v) is 6.36. The van der Waals surface area contributed by atoms with Crippen LogP contribution in [0.15, 0.2) is 28.7 Å². The summed E-state index contributed by atoms with van der Waals surface area (Å²) < 4.78 is 12.7. The minimum atomic E-state index is 0.423. The van der Waals surface area contributed by atoms with E-state index >= 15 is 0 Å². The van der Waals surface area contributed by atoms with Gasteiger partial charge in [-0.15, -0.1) is 5.10 Å². The van der Waals surface area contributed by atoms with Crippen LogP contribution in [0.5, 0.6) is 5.75 Å². The van der Waals surface area contributed by atoms with Gasteiger partial charge >= 0.3 is 0 Å². The second kappa shape index (κ2) is 13.0. The Labute approximate surface area is 192 Å². The topological polar surface area (TPSA) is 46.7 Å². The predicted octanol–water partition coefficient (Wildman–Crippen LogP) is 5.60. The highest BCUT2D eigenvalue weighted by Crippen LogP contribution is 2.21. The molecular formula is C24H38N4O2S. The van der Waals surface area contributed by atoms with E-state index in [9.17, 15) is 0 Å². The van der Waals surface area contributed by atoms with Crippen molar-refractivity contribution in [1.82, 2.24) is 19.6 Å². The second-order valence-corrected chi connectivity index (χ2v) is 8.83.